The van der Waals surface area contributed by atoms with E-state index in [1.807, 2.05) is 24.3 Å². The summed E-state index contributed by atoms with van der Waals surface area (Å²) in [6.07, 6.45) is -0.118. The molecule has 3 aromatic rings. The highest BCUT2D eigenvalue weighted by molar-refractivity contribution is 7.09. The van der Waals surface area contributed by atoms with E-state index in [9.17, 15) is 14.4 Å². The van der Waals surface area contributed by atoms with E-state index in [4.69, 9.17) is 14.6 Å². The maximum absolute atomic E-state index is 12.3. The van der Waals surface area contributed by atoms with E-state index >= 15 is 0 Å². The van der Waals surface area contributed by atoms with Crippen molar-refractivity contribution in [3.63, 3.8) is 0 Å². The van der Waals surface area contributed by atoms with Crippen LogP contribution in [0, 0.1) is 0 Å². The highest BCUT2D eigenvalue weighted by Gasteiger charge is 2.29. The lowest BCUT2D eigenvalue weighted by atomic mass is 9.98. The maximum atomic E-state index is 12.3. The van der Waals surface area contributed by atoms with Crippen LogP contribution in [0.15, 0.2) is 53.9 Å². The zero-order chi connectivity index (χ0) is 24.8. The van der Waals surface area contributed by atoms with Gasteiger partial charge in [-0.15, -0.1) is 11.3 Å². The molecule has 2 amide bonds. The average Bonchev–Trinajstić information content (AvgIpc) is 3.45. The van der Waals surface area contributed by atoms with E-state index in [0.29, 0.717) is 11.4 Å². The summed E-state index contributed by atoms with van der Waals surface area (Å²) in [5.74, 6) is -1.80. The fraction of sp³-hybridized carbons (Fsp3) is 0.280. The molecular formula is C25H25N3O6S. The number of rotatable bonds is 10. The van der Waals surface area contributed by atoms with Crippen LogP contribution in [0.1, 0.15) is 32.5 Å². The summed E-state index contributed by atoms with van der Waals surface area (Å²) in [5, 5.41) is 16.4. The number of thiazole rings is 1. The van der Waals surface area contributed by atoms with Gasteiger partial charge in [0.15, 0.2) is 6.04 Å². The van der Waals surface area contributed by atoms with Crippen molar-refractivity contribution >= 4 is 29.3 Å². The van der Waals surface area contributed by atoms with Gasteiger partial charge in [0.05, 0.1) is 11.6 Å². The van der Waals surface area contributed by atoms with Crippen molar-refractivity contribution in [2.45, 2.75) is 18.4 Å². The zero-order valence-corrected chi connectivity index (χ0v) is 19.8. The first-order chi connectivity index (χ1) is 17.0. The third kappa shape index (κ3) is 5.67. The number of aromatic nitrogens is 1. The molecule has 182 valence electrons. The standard InChI is InChI=1S/C25H25N3O6S/c1-33-13-20(24(30)31)28-23(29)21-14-35-22(27-21)10-11-26-25(32)34-12-19-17-8-4-2-6-15(17)16-7-3-5-9-18(16)19/h2-9,14,19-20H,10-13H2,1H3,(H,26,32)(H,28,29)(H,30,31). The Morgan fingerprint density at radius 1 is 1.09 bits per heavy atom. The summed E-state index contributed by atoms with van der Waals surface area (Å²) in [4.78, 5) is 39.9. The van der Waals surface area contributed by atoms with Crippen molar-refractivity contribution in [3.8, 4) is 11.1 Å². The lowest BCUT2D eigenvalue weighted by molar-refractivity contribution is -0.140. The minimum Gasteiger partial charge on any atom is -0.480 e. The number of fused-ring (bicyclic) bond motifs is 3. The number of carbonyl (C=O) groups excluding carboxylic acids is 2. The van der Waals surface area contributed by atoms with Crippen molar-refractivity contribution in [2.75, 3.05) is 26.9 Å². The highest BCUT2D eigenvalue weighted by Crippen LogP contribution is 2.44. The van der Waals surface area contributed by atoms with Crippen LogP contribution in [-0.4, -0.2) is 61.0 Å². The summed E-state index contributed by atoms with van der Waals surface area (Å²) in [6.45, 7) is 0.364. The molecule has 1 heterocycles. The van der Waals surface area contributed by atoms with Crippen LogP contribution in [0.5, 0.6) is 0 Å². The van der Waals surface area contributed by atoms with Gasteiger partial charge < -0.3 is 25.2 Å². The number of carboxylic acid groups (broad SMARTS) is 1. The number of amides is 2. The smallest absolute Gasteiger partial charge is 0.407 e. The number of benzene rings is 2. The fourth-order valence-electron chi connectivity index (χ4n) is 4.02. The molecule has 1 atom stereocenters. The Morgan fingerprint density at radius 3 is 2.37 bits per heavy atom. The Kier molecular flexibility index (Phi) is 7.74. The van der Waals surface area contributed by atoms with E-state index < -0.39 is 24.0 Å². The second-order valence-electron chi connectivity index (χ2n) is 7.95. The number of hydrogen-bond acceptors (Lipinski definition) is 7. The van der Waals surface area contributed by atoms with E-state index in [2.05, 4.69) is 39.9 Å². The summed E-state index contributed by atoms with van der Waals surface area (Å²) in [7, 11) is 1.35. The maximum Gasteiger partial charge on any atom is 0.407 e. The summed E-state index contributed by atoms with van der Waals surface area (Å²) < 4.78 is 10.3. The predicted octanol–water partition coefficient (Wildman–Crippen LogP) is 3.05. The van der Waals surface area contributed by atoms with Gasteiger partial charge in [0.25, 0.3) is 5.91 Å². The molecule has 0 fully saturated rings. The van der Waals surface area contributed by atoms with Crippen molar-refractivity contribution in [2.24, 2.45) is 0 Å². The minimum absolute atomic E-state index is 0.0130. The van der Waals surface area contributed by atoms with Crippen LogP contribution in [0.2, 0.25) is 0 Å². The lowest BCUT2D eigenvalue weighted by Crippen LogP contribution is -2.43. The molecule has 0 saturated carbocycles. The monoisotopic (exact) mass is 495 g/mol. The lowest BCUT2D eigenvalue weighted by Gasteiger charge is -2.14. The summed E-state index contributed by atoms with van der Waals surface area (Å²) in [5.41, 5.74) is 4.74. The number of nitrogens with zero attached hydrogens (tertiary/aromatic N) is 1. The third-order valence-corrected chi connectivity index (χ3v) is 6.58. The number of alkyl carbamates (subject to hydrolysis) is 1. The molecule has 1 aliphatic carbocycles. The van der Waals surface area contributed by atoms with E-state index in [1.165, 1.54) is 18.4 Å². The average molecular weight is 496 g/mol. The first-order valence-electron chi connectivity index (χ1n) is 11.0. The zero-order valence-electron chi connectivity index (χ0n) is 19.0. The Hall–Kier alpha value is -3.76. The molecule has 4 rings (SSSR count). The second kappa shape index (κ2) is 11.1. The molecule has 2 aromatic carbocycles. The van der Waals surface area contributed by atoms with Crippen LogP contribution in [0.25, 0.3) is 11.1 Å². The van der Waals surface area contributed by atoms with Crippen molar-refractivity contribution in [1.82, 2.24) is 15.6 Å². The Labute approximate surface area is 206 Å². The molecule has 1 unspecified atom stereocenters. The Balaban J connectivity index is 1.25. The number of ether oxygens (including phenoxy) is 2. The second-order valence-corrected chi connectivity index (χ2v) is 8.89. The molecule has 0 saturated heterocycles. The van der Waals surface area contributed by atoms with Gasteiger partial charge in [0.2, 0.25) is 0 Å². The first-order valence-corrected chi connectivity index (χ1v) is 11.9. The van der Waals surface area contributed by atoms with Crippen LogP contribution in [0.4, 0.5) is 4.79 Å². The van der Waals surface area contributed by atoms with Crippen LogP contribution in [-0.2, 0) is 20.7 Å². The highest BCUT2D eigenvalue weighted by atomic mass is 32.1. The first kappa shape index (κ1) is 24.4. The predicted molar refractivity (Wildman–Crippen MR) is 130 cm³/mol. The summed E-state index contributed by atoms with van der Waals surface area (Å²) in [6, 6.07) is 15.1. The van der Waals surface area contributed by atoms with Crippen molar-refractivity contribution in [3.05, 3.63) is 75.7 Å². The number of carbonyl (C=O) groups is 3. The van der Waals surface area contributed by atoms with Gasteiger partial charge in [-0.05, 0) is 22.3 Å². The van der Waals surface area contributed by atoms with Gasteiger partial charge >= 0.3 is 12.1 Å². The number of methoxy groups -OCH3 is 1. The molecule has 0 bridgehead atoms. The number of hydrogen-bond donors (Lipinski definition) is 3. The Bertz CT molecular complexity index is 1180. The minimum atomic E-state index is -1.19. The number of nitrogens with one attached hydrogen (secondary N) is 2. The van der Waals surface area contributed by atoms with Crippen molar-refractivity contribution in [1.29, 1.82) is 0 Å². The van der Waals surface area contributed by atoms with Crippen LogP contribution >= 0.6 is 11.3 Å². The molecule has 0 spiro atoms. The molecular weight excluding hydrogens is 470 g/mol. The van der Waals surface area contributed by atoms with Gasteiger partial charge in [-0.3, -0.25) is 4.79 Å². The molecule has 10 heteroatoms. The normalized spacial score (nSPS) is 12.9. The van der Waals surface area contributed by atoms with Gasteiger partial charge in [-0.1, -0.05) is 48.5 Å². The van der Waals surface area contributed by atoms with Crippen LogP contribution < -0.4 is 10.6 Å². The van der Waals surface area contributed by atoms with Gasteiger partial charge in [0.1, 0.15) is 12.3 Å². The molecule has 35 heavy (non-hydrogen) atoms. The fourth-order valence-corrected chi connectivity index (χ4v) is 4.80. The van der Waals surface area contributed by atoms with Crippen LogP contribution in [0.3, 0.4) is 0 Å². The van der Waals surface area contributed by atoms with Gasteiger partial charge in [-0.2, -0.15) is 0 Å². The molecule has 0 aliphatic heterocycles. The number of aliphatic carboxylic acids is 1. The van der Waals surface area contributed by atoms with Gasteiger partial charge in [-0.25, -0.2) is 14.6 Å². The SMILES string of the molecule is COCC(NC(=O)c1csc(CCNC(=O)OCC2c3ccccc3-c3ccccc32)n1)C(=O)O. The van der Waals surface area contributed by atoms with Crippen molar-refractivity contribution < 1.29 is 29.0 Å². The molecule has 9 nitrogen and oxygen atoms in total. The van der Waals surface area contributed by atoms with E-state index in [1.54, 1.807) is 5.38 Å². The Morgan fingerprint density at radius 2 is 1.74 bits per heavy atom. The molecule has 1 aliphatic rings. The third-order valence-electron chi connectivity index (χ3n) is 5.67. The molecule has 0 radical (unpaired) electrons. The quantitative estimate of drug-likeness (QED) is 0.395. The van der Waals surface area contributed by atoms with E-state index in [0.717, 1.165) is 22.3 Å². The molecule has 1 aromatic heterocycles. The molecule has 3 N–H and O–H groups in total. The van der Waals surface area contributed by atoms with E-state index in [-0.39, 0.29) is 31.4 Å². The largest absolute Gasteiger partial charge is 0.480 e. The van der Waals surface area contributed by atoms with Gasteiger partial charge in [0, 0.05) is 31.4 Å². The topological polar surface area (TPSA) is 127 Å². The summed E-state index contributed by atoms with van der Waals surface area (Å²) >= 11 is 1.25. The number of carboxylic acids is 1.